The van der Waals surface area contributed by atoms with Crippen LogP contribution in [0.3, 0.4) is 0 Å². The number of aliphatic hydroxyl groups is 1. The Hall–Kier alpha value is -0.870. The van der Waals surface area contributed by atoms with Crippen LogP contribution < -0.4 is 0 Å². The van der Waals surface area contributed by atoms with Gasteiger partial charge >= 0.3 is 0 Å². The molecule has 2 heterocycles. The normalized spacial score (nSPS) is 18.6. The molecular weight excluding hydrogens is 198 g/mol. The first-order valence-electron chi connectivity index (χ1n) is 4.70. The van der Waals surface area contributed by atoms with E-state index in [1.807, 2.05) is 18.4 Å². The second-order valence-corrected chi connectivity index (χ2v) is 4.35. The maximum Gasteiger partial charge on any atom is 0.153 e. The number of thiazole rings is 1. The predicted octanol–water partition coefficient (Wildman–Crippen LogP) is 2.18. The van der Waals surface area contributed by atoms with Gasteiger partial charge < -0.3 is 9.84 Å². The molecule has 1 N–H and O–H groups in total. The number of rotatable bonds is 2. The largest absolute Gasteiger partial charge is 0.495 e. The van der Waals surface area contributed by atoms with E-state index in [4.69, 9.17) is 4.74 Å². The van der Waals surface area contributed by atoms with Crippen molar-refractivity contribution in [3.63, 3.8) is 0 Å². The summed E-state index contributed by atoms with van der Waals surface area (Å²) in [6.07, 6.45) is 3.28. The van der Waals surface area contributed by atoms with Crippen molar-refractivity contribution in [2.75, 3.05) is 6.61 Å². The van der Waals surface area contributed by atoms with E-state index in [-0.39, 0.29) is 0 Å². The number of hydrogen-bond acceptors (Lipinski definition) is 4. The SMILES string of the molecule is Cc1nc(C(O)C2=CCCCO2)cs1. The van der Waals surface area contributed by atoms with Gasteiger partial charge in [0, 0.05) is 5.38 Å². The molecule has 0 saturated carbocycles. The van der Waals surface area contributed by atoms with Crippen LogP contribution in [-0.4, -0.2) is 16.7 Å². The Bertz CT molecular complexity index is 346. The van der Waals surface area contributed by atoms with Gasteiger partial charge in [0.2, 0.25) is 0 Å². The minimum atomic E-state index is -0.680. The second kappa shape index (κ2) is 4.11. The Labute approximate surface area is 87.1 Å². The molecule has 2 rings (SSSR count). The third-order valence-corrected chi connectivity index (χ3v) is 2.94. The lowest BCUT2D eigenvalue weighted by molar-refractivity contribution is 0.0897. The zero-order valence-corrected chi connectivity index (χ0v) is 8.88. The first kappa shape index (κ1) is 9.68. The molecule has 0 bridgehead atoms. The summed E-state index contributed by atoms with van der Waals surface area (Å²) < 4.78 is 5.38. The van der Waals surface area contributed by atoms with Crippen LogP contribution >= 0.6 is 11.3 Å². The molecule has 1 aliphatic rings. The summed E-state index contributed by atoms with van der Waals surface area (Å²) in [4.78, 5) is 4.23. The van der Waals surface area contributed by atoms with Gasteiger partial charge in [-0.25, -0.2) is 4.98 Å². The molecule has 0 spiro atoms. The van der Waals surface area contributed by atoms with Crippen molar-refractivity contribution in [2.24, 2.45) is 0 Å². The van der Waals surface area contributed by atoms with Crippen LogP contribution in [0.1, 0.15) is 29.6 Å². The number of ether oxygens (including phenoxy) is 1. The van der Waals surface area contributed by atoms with Crippen molar-refractivity contribution in [1.82, 2.24) is 4.98 Å². The summed E-state index contributed by atoms with van der Waals surface area (Å²) in [7, 11) is 0. The van der Waals surface area contributed by atoms with Crippen molar-refractivity contribution < 1.29 is 9.84 Å². The fourth-order valence-corrected chi connectivity index (χ4v) is 2.05. The van der Waals surface area contributed by atoms with Crippen LogP contribution in [0.15, 0.2) is 17.2 Å². The highest BCUT2D eigenvalue weighted by Crippen LogP contribution is 2.26. The van der Waals surface area contributed by atoms with Crippen LogP contribution in [0.4, 0.5) is 0 Å². The standard InChI is InChI=1S/C10H13NO2S/c1-7-11-8(6-14-7)10(12)9-4-2-3-5-13-9/h4,6,10,12H,2-3,5H2,1H3. The summed E-state index contributed by atoms with van der Waals surface area (Å²) in [5.74, 6) is 0.654. The van der Waals surface area contributed by atoms with Crippen molar-refractivity contribution >= 4 is 11.3 Å². The molecule has 0 saturated heterocycles. The Morgan fingerprint density at radius 3 is 3.07 bits per heavy atom. The topological polar surface area (TPSA) is 42.4 Å². The van der Waals surface area contributed by atoms with Crippen LogP contribution in [-0.2, 0) is 4.74 Å². The van der Waals surface area contributed by atoms with E-state index in [1.165, 1.54) is 0 Å². The van der Waals surface area contributed by atoms with E-state index in [9.17, 15) is 5.11 Å². The molecular formula is C10H13NO2S. The van der Waals surface area contributed by atoms with E-state index >= 15 is 0 Å². The summed E-state index contributed by atoms with van der Waals surface area (Å²) in [5.41, 5.74) is 0.695. The molecule has 1 aromatic rings. The molecule has 1 atom stereocenters. The maximum atomic E-state index is 9.91. The number of allylic oxidation sites excluding steroid dienone is 1. The molecule has 0 aromatic carbocycles. The fourth-order valence-electron chi connectivity index (χ4n) is 1.42. The quantitative estimate of drug-likeness (QED) is 0.815. The number of hydrogen-bond donors (Lipinski definition) is 1. The van der Waals surface area contributed by atoms with Gasteiger partial charge in [-0.15, -0.1) is 11.3 Å². The summed E-state index contributed by atoms with van der Waals surface area (Å²) in [6.45, 7) is 2.63. The highest BCUT2D eigenvalue weighted by atomic mass is 32.1. The first-order valence-corrected chi connectivity index (χ1v) is 5.58. The molecule has 1 aromatic heterocycles. The molecule has 0 aliphatic carbocycles. The first-order chi connectivity index (χ1) is 6.77. The molecule has 1 aliphatic heterocycles. The van der Waals surface area contributed by atoms with Gasteiger partial charge in [0.25, 0.3) is 0 Å². The van der Waals surface area contributed by atoms with Gasteiger partial charge in [0.05, 0.1) is 17.3 Å². The number of nitrogens with zero attached hydrogens (tertiary/aromatic N) is 1. The molecule has 4 heteroatoms. The second-order valence-electron chi connectivity index (χ2n) is 3.29. The summed E-state index contributed by atoms with van der Waals surface area (Å²) in [6, 6.07) is 0. The number of aryl methyl sites for hydroxylation is 1. The van der Waals surface area contributed by atoms with Gasteiger partial charge in [-0.1, -0.05) is 0 Å². The third kappa shape index (κ3) is 1.96. The van der Waals surface area contributed by atoms with Crippen molar-refractivity contribution in [3.8, 4) is 0 Å². The summed E-state index contributed by atoms with van der Waals surface area (Å²) >= 11 is 1.54. The van der Waals surface area contributed by atoms with Gasteiger partial charge in [-0.05, 0) is 25.8 Å². The van der Waals surface area contributed by atoms with Gasteiger partial charge in [0.1, 0.15) is 5.76 Å². The molecule has 3 nitrogen and oxygen atoms in total. The zero-order chi connectivity index (χ0) is 9.97. The van der Waals surface area contributed by atoms with E-state index in [0.29, 0.717) is 18.1 Å². The predicted molar refractivity (Wildman–Crippen MR) is 55.1 cm³/mol. The van der Waals surface area contributed by atoms with Crippen LogP contribution in [0.25, 0.3) is 0 Å². The van der Waals surface area contributed by atoms with Crippen molar-refractivity contribution in [2.45, 2.75) is 25.9 Å². The number of aromatic nitrogens is 1. The monoisotopic (exact) mass is 211 g/mol. The zero-order valence-electron chi connectivity index (χ0n) is 8.06. The maximum absolute atomic E-state index is 9.91. The Morgan fingerprint density at radius 1 is 1.64 bits per heavy atom. The lowest BCUT2D eigenvalue weighted by Gasteiger charge is -2.18. The molecule has 76 valence electrons. The Balaban J connectivity index is 2.14. The van der Waals surface area contributed by atoms with Crippen molar-refractivity contribution in [1.29, 1.82) is 0 Å². The van der Waals surface area contributed by atoms with E-state index in [0.717, 1.165) is 17.8 Å². The highest BCUT2D eigenvalue weighted by Gasteiger charge is 2.19. The third-order valence-electron chi connectivity index (χ3n) is 2.15. The van der Waals surface area contributed by atoms with Gasteiger partial charge in [-0.3, -0.25) is 0 Å². The average molecular weight is 211 g/mol. The van der Waals surface area contributed by atoms with Crippen LogP contribution in [0, 0.1) is 6.92 Å². The smallest absolute Gasteiger partial charge is 0.153 e. The molecule has 0 fully saturated rings. The van der Waals surface area contributed by atoms with E-state index in [1.54, 1.807) is 11.3 Å². The summed E-state index contributed by atoms with van der Waals surface area (Å²) in [5, 5.41) is 12.8. The van der Waals surface area contributed by atoms with Gasteiger partial charge in [0.15, 0.2) is 6.10 Å². The van der Waals surface area contributed by atoms with Gasteiger partial charge in [-0.2, -0.15) is 0 Å². The van der Waals surface area contributed by atoms with Crippen LogP contribution in [0.5, 0.6) is 0 Å². The molecule has 0 radical (unpaired) electrons. The molecule has 14 heavy (non-hydrogen) atoms. The lowest BCUT2D eigenvalue weighted by Crippen LogP contribution is -2.10. The Kier molecular flexibility index (Phi) is 2.84. The van der Waals surface area contributed by atoms with Crippen molar-refractivity contribution in [3.05, 3.63) is 27.9 Å². The number of aliphatic hydroxyl groups excluding tert-OH is 1. The van der Waals surface area contributed by atoms with E-state index in [2.05, 4.69) is 4.98 Å². The minimum Gasteiger partial charge on any atom is -0.495 e. The molecule has 1 unspecified atom stereocenters. The minimum absolute atomic E-state index is 0.654. The Morgan fingerprint density at radius 2 is 2.50 bits per heavy atom. The van der Waals surface area contributed by atoms with Crippen LogP contribution in [0.2, 0.25) is 0 Å². The highest BCUT2D eigenvalue weighted by molar-refractivity contribution is 7.09. The lowest BCUT2D eigenvalue weighted by atomic mass is 10.1. The van der Waals surface area contributed by atoms with E-state index < -0.39 is 6.10 Å². The average Bonchev–Trinajstić information content (AvgIpc) is 2.65. The molecule has 0 amide bonds. The fraction of sp³-hybridized carbons (Fsp3) is 0.500.